The van der Waals surface area contributed by atoms with E-state index in [1.54, 1.807) is 23.5 Å². The molecule has 0 aliphatic heterocycles. The molecule has 0 spiro atoms. The number of nitrogen functional groups attached to an aromatic ring is 1. The lowest BCUT2D eigenvalue weighted by Crippen LogP contribution is -2.29. The van der Waals surface area contributed by atoms with Crippen molar-refractivity contribution in [2.75, 3.05) is 0 Å². The summed E-state index contributed by atoms with van der Waals surface area (Å²) in [4.78, 5) is 12.5. The molecule has 0 saturated carbocycles. The molecule has 0 aliphatic rings. The van der Waals surface area contributed by atoms with E-state index >= 15 is 0 Å². The average molecular weight is 341 g/mol. The number of rotatable bonds is 5. The highest BCUT2D eigenvalue weighted by atomic mass is 79.9. The minimum atomic E-state index is -0.313. The first-order valence-electron chi connectivity index (χ1n) is 5.60. The molecule has 6 heteroatoms. The minimum absolute atomic E-state index is 0.313. The minimum Gasteiger partial charge on any atom is -0.371 e. The van der Waals surface area contributed by atoms with Crippen LogP contribution < -0.4 is 11.3 Å². The number of ether oxygens (including phenoxy) is 1. The predicted octanol–water partition coefficient (Wildman–Crippen LogP) is 2.83. The summed E-state index contributed by atoms with van der Waals surface area (Å²) in [5.41, 5.74) is 3.60. The van der Waals surface area contributed by atoms with Crippen LogP contribution in [0.1, 0.15) is 20.8 Å². The Morgan fingerprint density at radius 2 is 2.21 bits per heavy atom. The van der Waals surface area contributed by atoms with Crippen LogP contribution in [-0.2, 0) is 18.0 Å². The number of nitrogens with one attached hydrogen (secondary N) is 1. The molecule has 0 fully saturated rings. The van der Waals surface area contributed by atoms with Crippen molar-refractivity contribution in [1.82, 2.24) is 5.43 Å². The van der Waals surface area contributed by atoms with E-state index in [4.69, 9.17) is 10.6 Å². The van der Waals surface area contributed by atoms with E-state index in [2.05, 4.69) is 21.4 Å². The van der Waals surface area contributed by atoms with E-state index < -0.39 is 0 Å². The molecule has 0 aliphatic carbocycles. The number of amides is 1. The van der Waals surface area contributed by atoms with Crippen molar-refractivity contribution >= 4 is 33.2 Å². The first-order chi connectivity index (χ1) is 9.20. The van der Waals surface area contributed by atoms with Crippen molar-refractivity contribution in [3.05, 3.63) is 56.2 Å². The molecule has 0 radical (unpaired) electrons. The smallest absolute Gasteiger partial charge is 0.265 e. The Kier molecular flexibility index (Phi) is 5.09. The van der Waals surface area contributed by atoms with Crippen LogP contribution in [0.25, 0.3) is 0 Å². The van der Waals surface area contributed by atoms with Crippen molar-refractivity contribution in [3.8, 4) is 0 Å². The van der Waals surface area contributed by atoms with Gasteiger partial charge in [0.15, 0.2) is 0 Å². The van der Waals surface area contributed by atoms with Crippen LogP contribution in [-0.4, -0.2) is 5.91 Å². The van der Waals surface area contributed by atoms with E-state index in [1.165, 1.54) is 4.88 Å². The van der Waals surface area contributed by atoms with Gasteiger partial charge in [-0.15, -0.1) is 11.3 Å². The maximum absolute atomic E-state index is 11.4. The summed E-state index contributed by atoms with van der Waals surface area (Å²) in [5.74, 6) is 4.78. The fourth-order valence-corrected chi connectivity index (χ4v) is 2.68. The number of hydrazine groups is 1. The normalized spacial score (nSPS) is 10.4. The zero-order chi connectivity index (χ0) is 13.7. The van der Waals surface area contributed by atoms with Gasteiger partial charge < -0.3 is 4.74 Å². The molecule has 0 bridgehead atoms. The fourth-order valence-electron chi connectivity index (χ4n) is 1.55. The van der Waals surface area contributed by atoms with E-state index in [-0.39, 0.29) is 5.91 Å². The van der Waals surface area contributed by atoms with Crippen LogP contribution in [0.3, 0.4) is 0 Å². The Morgan fingerprint density at radius 3 is 2.84 bits per heavy atom. The Morgan fingerprint density at radius 1 is 1.37 bits per heavy atom. The van der Waals surface area contributed by atoms with Gasteiger partial charge in [0.05, 0.1) is 13.2 Å². The van der Waals surface area contributed by atoms with Crippen LogP contribution in [0, 0.1) is 0 Å². The summed E-state index contributed by atoms with van der Waals surface area (Å²) in [5, 5.41) is 2.02. The maximum Gasteiger partial charge on any atom is 0.265 e. The van der Waals surface area contributed by atoms with Gasteiger partial charge in [-0.1, -0.05) is 28.1 Å². The van der Waals surface area contributed by atoms with Crippen LogP contribution in [0.15, 0.2) is 40.2 Å². The molecule has 0 atom stereocenters. The second-order valence-corrected chi connectivity index (χ2v) is 5.74. The Labute approximate surface area is 123 Å². The lowest BCUT2D eigenvalue weighted by Gasteiger charge is -2.07. The zero-order valence-electron chi connectivity index (χ0n) is 10.1. The molecular formula is C13H13BrN2O2S. The highest BCUT2D eigenvalue weighted by Crippen LogP contribution is 2.20. The molecule has 19 heavy (non-hydrogen) atoms. The molecule has 4 nitrogen and oxygen atoms in total. The van der Waals surface area contributed by atoms with Crippen molar-refractivity contribution < 1.29 is 9.53 Å². The molecule has 1 heterocycles. The third kappa shape index (κ3) is 3.87. The Bertz CT molecular complexity index is 558. The largest absolute Gasteiger partial charge is 0.371 e. The van der Waals surface area contributed by atoms with E-state index in [0.29, 0.717) is 18.8 Å². The SMILES string of the molecule is NNC(=O)c1ccc(COCc2cccs2)c(Br)c1. The average Bonchev–Trinajstić information content (AvgIpc) is 2.93. The van der Waals surface area contributed by atoms with Gasteiger partial charge in [0.25, 0.3) is 5.91 Å². The summed E-state index contributed by atoms with van der Waals surface area (Å²) in [6.07, 6.45) is 0. The number of benzene rings is 1. The van der Waals surface area contributed by atoms with Gasteiger partial charge >= 0.3 is 0 Å². The molecule has 1 aromatic heterocycles. The predicted molar refractivity (Wildman–Crippen MR) is 78.6 cm³/mol. The molecule has 2 aromatic rings. The Balaban J connectivity index is 1.95. The van der Waals surface area contributed by atoms with Gasteiger partial charge in [-0.3, -0.25) is 10.2 Å². The lowest BCUT2D eigenvalue weighted by molar-refractivity contribution is 0.0953. The zero-order valence-corrected chi connectivity index (χ0v) is 12.5. The summed E-state index contributed by atoms with van der Waals surface area (Å²) >= 11 is 5.09. The van der Waals surface area contributed by atoms with Gasteiger partial charge in [0.2, 0.25) is 0 Å². The molecule has 0 saturated heterocycles. The molecule has 0 unspecified atom stereocenters. The second-order valence-electron chi connectivity index (χ2n) is 3.85. The summed E-state index contributed by atoms with van der Waals surface area (Å²) in [6, 6.07) is 9.33. The summed E-state index contributed by atoms with van der Waals surface area (Å²) in [6.45, 7) is 1.08. The number of hydrogen-bond acceptors (Lipinski definition) is 4. The van der Waals surface area contributed by atoms with E-state index in [1.807, 2.05) is 23.6 Å². The van der Waals surface area contributed by atoms with Gasteiger partial charge in [0, 0.05) is 14.9 Å². The highest BCUT2D eigenvalue weighted by Gasteiger charge is 2.07. The molecule has 1 amide bonds. The number of carbonyl (C=O) groups is 1. The molecule has 1 aromatic carbocycles. The second kappa shape index (κ2) is 6.81. The molecular weight excluding hydrogens is 328 g/mol. The monoisotopic (exact) mass is 340 g/mol. The first kappa shape index (κ1) is 14.2. The number of thiophene rings is 1. The van der Waals surface area contributed by atoms with E-state index in [0.717, 1.165) is 10.0 Å². The van der Waals surface area contributed by atoms with Gasteiger partial charge in [-0.2, -0.15) is 0 Å². The molecule has 3 N–H and O–H groups in total. The number of nitrogens with two attached hydrogens (primary N) is 1. The lowest BCUT2D eigenvalue weighted by atomic mass is 10.1. The standard InChI is InChI=1S/C13H13BrN2O2S/c14-12-6-9(13(17)16-15)3-4-10(12)7-18-8-11-2-1-5-19-11/h1-6H,7-8,15H2,(H,16,17). The van der Waals surface area contributed by atoms with Crippen LogP contribution in [0.5, 0.6) is 0 Å². The van der Waals surface area contributed by atoms with Crippen molar-refractivity contribution in [1.29, 1.82) is 0 Å². The van der Waals surface area contributed by atoms with Gasteiger partial charge in [-0.25, -0.2) is 5.84 Å². The molecule has 2 rings (SSSR count). The van der Waals surface area contributed by atoms with Crippen LogP contribution in [0.2, 0.25) is 0 Å². The van der Waals surface area contributed by atoms with E-state index in [9.17, 15) is 4.79 Å². The quantitative estimate of drug-likeness (QED) is 0.499. The van der Waals surface area contributed by atoms with Crippen LogP contribution >= 0.6 is 27.3 Å². The first-order valence-corrected chi connectivity index (χ1v) is 7.27. The highest BCUT2D eigenvalue weighted by molar-refractivity contribution is 9.10. The number of carbonyl (C=O) groups excluding carboxylic acids is 1. The third-order valence-corrected chi connectivity index (χ3v) is 4.12. The number of hydrogen-bond donors (Lipinski definition) is 2. The van der Waals surface area contributed by atoms with Crippen LogP contribution in [0.4, 0.5) is 0 Å². The van der Waals surface area contributed by atoms with Crippen molar-refractivity contribution in [3.63, 3.8) is 0 Å². The molecule has 100 valence electrons. The third-order valence-electron chi connectivity index (χ3n) is 2.53. The Hall–Kier alpha value is -1.21. The van der Waals surface area contributed by atoms with Gasteiger partial charge in [-0.05, 0) is 29.1 Å². The summed E-state index contributed by atoms with van der Waals surface area (Å²) < 4.78 is 6.46. The van der Waals surface area contributed by atoms with Crippen molar-refractivity contribution in [2.45, 2.75) is 13.2 Å². The summed E-state index contributed by atoms with van der Waals surface area (Å²) in [7, 11) is 0. The van der Waals surface area contributed by atoms with Crippen molar-refractivity contribution in [2.24, 2.45) is 5.84 Å². The number of halogens is 1. The topological polar surface area (TPSA) is 64.3 Å². The maximum atomic E-state index is 11.4. The van der Waals surface area contributed by atoms with Gasteiger partial charge in [0.1, 0.15) is 0 Å². The fraction of sp³-hybridized carbons (Fsp3) is 0.154.